The van der Waals surface area contributed by atoms with Gasteiger partial charge in [0, 0.05) is 10.4 Å². The number of hydrogen-bond acceptors (Lipinski definition) is 4. The van der Waals surface area contributed by atoms with Gasteiger partial charge in [-0.05, 0) is 12.3 Å². The van der Waals surface area contributed by atoms with E-state index in [9.17, 15) is 4.39 Å². The fourth-order valence-electron chi connectivity index (χ4n) is 1.05. The van der Waals surface area contributed by atoms with Gasteiger partial charge in [-0.25, -0.2) is 4.39 Å². The molecule has 0 aliphatic heterocycles. The van der Waals surface area contributed by atoms with Crippen LogP contribution in [0.1, 0.15) is 5.56 Å². The summed E-state index contributed by atoms with van der Waals surface area (Å²) < 4.78 is 13.4. The molecule has 0 heterocycles. The second-order valence-electron chi connectivity index (χ2n) is 2.53. The van der Waals surface area contributed by atoms with Crippen LogP contribution in [0.15, 0.2) is 17.0 Å². The largest absolute Gasteiger partial charge is 0.491 e. The van der Waals surface area contributed by atoms with Crippen LogP contribution in [0.5, 0.6) is 0 Å². The number of nitrogens with zero attached hydrogens (tertiary/aromatic N) is 1. The summed E-state index contributed by atoms with van der Waals surface area (Å²) in [6, 6.07) is 4.44. The van der Waals surface area contributed by atoms with Gasteiger partial charge in [-0.1, -0.05) is 6.07 Å². The van der Waals surface area contributed by atoms with Gasteiger partial charge in [-0.3, -0.25) is 0 Å². The van der Waals surface area contributed by atoms with E-state index in [1.54, 1.807) is 12.3 Å². The van der Waals surface area contributed by atoms with Crippen LogP contribution >= 0.6 is 11.8 Å². The molecule has 0 aliphatic carbocycles. The highest BCUT2D eigenvalue weighted by Crippen LogP contribution is 2.20. The second kappa shape index (κ2) is 4.46. The van der Waals surface area contributed by atoms with Crippen LogP contribution in [0.4, 0.5) is 4.39 Å². The van der Waals surface area contributed by atoms with Crippen LogP contribution in [0, 0.1) is 17.1 Å². The Balaban J connectivity index is 3.37. The first-order valence-electron chi connectivity index (χ1n) is 3.74. The summed E-state index contributed by atoms with van der Waals surface area (Å²) in [5.41, 5.74) is -0.428. The van der Waals surface area contributed by atoms with Crippen LogP contribution in [0.25, 0.3) is 0 Å². The Bertz CT molecular complexity index is 392. The van der Waals surface area contributed by atoms with Gasteiger partial charge in [0.05, 0.1) is 0 Å². The summed E-state index contributed by atoms with van der Waals surface area (Å²) in [6.07, 6.45) is 1.71. The first-order chi connectivity index (χ1) is 6.61. The van der Waals surface area contributed by atoms with E-state index in [0.29, 0.717) is 4.90 Å². The summed E-state index contributed by atoms with van der Waals surface area (Å²) in [5, 5.41) is 26.2. The Morgan fingerprint density at radius 1 is 1.50 bits per heavy atom. The summed E-state index contributed by atoms with van der Waals surface area (Å²) in [6.45, 7) is 0. The van der Waals surface area contributed by atoms with E-state index in [4.69, 9.17) is 15.3 Å². The molecule has 1 rings (SSSR count). The highest BCUT2D eigenvalue weighted by Gasteiger charge is 2.20. The Hall–Kier alpha value is -1.03. The maximum Gasteiger partial charge on any atom is 0.491 e. The number of nitriles is 1. The predicted octanol–water partition coefficient (Wildman–Crippen LogP) is 0.0991. The molecular weight excluding hydrogens is 204 g/mol. The van der Waals surface area contributed by atoms with Crippen molar-refractivity contribution in [3.05, 3.63) is 23.5 Å². The molecule has 0 unspecified atom stereocenters. The van der Waals surface area contributed by atoms with Crippen LogP contribution in [-0.2, 0) is 0 Å². The number of halogens is 1. The normalized spacial score (nSPS) is 9.64. The molecule has 0 saturated carbocycles. The first-order valence-corrected chi connectivity index (χ1v) is 4.97. The smallest absolute Gasteiger partial charge is 0.423 e. The zero-order valence-corrected chi connectivity index (χ0v) is 8.18. The van der Waals surface area contributed by atoms with Crippen molar-refractivity contribution in [2.24, 2.45) is 0 Å². The molecule has 14 heavy (non-hydrogen) atoms. The molecule has 3 nitrogen and oxygen atoms in total. The molecule has 0 aromatic heterocycles. The van der Waals surface area contributed by atoms with Crippen molar-refractivity contribution in [3.8, 4) is 6.07 Å². The lowest BCUT2D eigenvalue weighted by molar-refractivity contribution is 0.423. The van der Waals surface area contributed by atoms with E-state index in [2.05, 4.69) is 0 Å². The zero-order valence-electron chi connectivity index (χ0n) is 7.36. The number of benzene rings is 1. The molecule has 1 aromatic carbocycles. The molecule has 0 aliphatic rings. The zero-order chi connectivity index (χ0) is 10.7. The van der Waals surface area contributed by atoms with Gasteiger partial charge in [0.25, 0.3) is 0 Å². The quantitative estimate of drug-likeness (QED) is 0.537. The van der Waals surface area contributed by atoms with E-state index in [1.165, 1.54) is 23.9 Å². The molecule has 0 spiro atoms. The van der Waals surface area contributed by atoms with E-state index < -0.39 is 12.9 Å². The number of thioether (sulfide) groups is 1. The molecule has 2 N–H and O–H groups in total. The molecule has 0 bridgehead atoms. The van der Waals surface area contributed by atoms with Crippen molar-refractivity contribution in [1.29, 1.82) is 5.26 Å². The Kier molecular flexibility index (Phi) is 3.52. The van der Waals surface area contributed by atoms with Crippen LogP contribution in [-0.4, -0.2) is 23.4 Å². The van der Waals surface area contributed by atoms with E-state index in [-0.39, 0.29) is 11.0 Å². The molecule has 0 fully saturated rings. The van der Waals surface area contributed by atoms with Gasteiger partial charge in [0.1, 0.15) is 17.4 Å². The maximum atomic E-state index is 13.4. The molecular formula is C8H7BFNO2S. The summed E-state index contributed by atoms with van der Waals surface area (Å²) in [4.78, 5) is 0.481. The molecule has 6 heteroatoms. The van der Waals surface area contributed by atoms with Crippen LogP contribution in [0.3, 0.4) is 0 Å². The van der Waals surface area contributed by atoms with Gasteiger partial charge in [-0.2, -0.15) is 5.26 Å². The summed E-state index contributed by atoms with van der Waals surface area (Å²) >= 11 is 1.23. The van der Waals surface area contributed by atoms with E-state index >= 15 is 0 Å². The lowest BCUT2D eigenvalue weighted by Crippen LogP contribution is -2.33. The molecule has 0 atom stereocenters. The fourth-order valence-corrected chi connectivity index (χ4v) is 1.59. The third-order valence-corrected chi connectivity index (χ3v) is 2.52. The average molecular weight is 211 g/mol. The maximum absolute atomic E-state index is 13.4. The topological polar surface area (TPSA) is 64.2 Å². The molecule has 0 radical (unpaired) electrons. The van der Waals surface area contributed by atoms with Crippen molar-refractivity contribution < 1.29 is 14.4 Å². The van der Waals surface area contributed by atoms with Crippen molar-refractivity contribution in [2.45, 2.75) is 4.90 Å². The third-order valence-electron chi connectivity index (χ3n) is 1.74. The number of rotatable bonds is 2. The highest BCUT2D eigenvalue weighted by molar-refractivity contribution is 7.98. The minimum Gasteiger partial charge on any atom is -0.423 e. The van der Waals surface area contributed by atoms with Crippen molar-refractivity contribution >= 4 is 24.3 Å². The molecule has 0 amide bonds. The minimum atomic E-state index is -1.89. The molecule has 0 saturated heterocycles. The highest BCUT2D eigenvalue weighted by atomic mass is 32.2. The van der Waals surface area contributed by atoms with Gasteiger partial charge >= 0.3 is 7.12 Å². The summed E-state index contributed by atoms with van der Waals surface area (Å²) in [5.74, 6) is -0.866. The predicted molar refractivity (Wildman–Crippen MR) is 52.7 cm³/mol. The van der Waals surface area contributed by atoms with Crippen molar-refractivity contribution in [1.82, 2.24) is 0 Å². The van der Waals surface area contributed by atoms with Gasteiger partial charge in [0.15, 0.2) is 0 Å². The first kappa shape index (κ1) is 11.1. The van der Waals surface area contributed by atoms with Gasteiger partial charge in [-0.15, -0.1) is 11.8 Å². The minimum absolute atomic E-state index is 0.150. The monoisotopic (exact) mass is 211 g/mol. The van der Waals surface area contributed by atoms with E-state index in [0.717, 1.165) is 0 Å². The standard InChI is InChI=1S/C8H7BFNO2S/c1-14-7-3-2-6(9(12)13)8(10)5(7)4-11/h2-3,12-13H,1H3. The van der Waals surface area contributed by atoms with Crippen molar-refractivity contribution in [3.63, 3.8) is 0 Å². The Labute approximate surface area is 85.3 Å². The van der Waals surface area contributed by atoms with Gasteiger partial charge in [0.2, 0.25) is 0 Å². The van der Waals surface area contributed by atoms with Crippen molar-refractivity contribution in [2.75, 3.05) is 6.26 Å². The number of hydrogen-bond donors (Lipinski definition) is 2. The van der Waals surface area contributed by atoms with Crippen LogP contribution < -0.4 is 5.46 Å². The fraction of sp³-hybridized carbons (Fsp3) is 0.125. The average Bonchev–Trinajstić information content (AvgIpc) is 2.16. The Morgan fingerprint density at radius 2 is 2.14 bits per heavy atom. The third kappa shape index (κ3) is 1.90. The lowest BCUT2D eigenvalue weighted by Gasteiger charge is -2.06. The Morgan fingerprint density at radius 3 is 2.57 bits per heavy atom. The molecule has 72 valence electrons. The van der Waals surface area contributed by atoms with E-state index in [1.807, 2.05) is 0 Å². The molecule has 1 aromatic rings. The lowest BCUT2D eigenvalue weighted by atomic mass is 9.79. The summed E-state index contributed by atoms with van der Waals surface area (Å²) in [7, 11) is -1.89. The van der Waals surface area contributed by atoms with Gasteiger partial charge < -0.3 is 10.0 Å². The van der Waals surface area contributed by atoms with Crippen LogP contribution in [0.2, 0.25) is 0 Å². The SMILES string of the molecule is CSc1ccc(B(O)O)c(F)c1C#N. The second-order valence-corrected chi connectivity index (χ2v) is 3.38.